The molecule has 2 fully saturated rings. The van der Waals surface area contributed by atoms with E-state index in [9.17, 15) is 0 Å². The van der Waals surface area contributed by atoms with Crippen LogP contribution in [0.1, 0.15) is 26.7 Å². The number of hydrogen-bond donors (Lipinski definition) is 2. The zero-order valence-corrected chi connectivity index (χ0v) is 16.0. The van der Waals surface area contributed by atoms with Crippen LogP contribution in [-0.2, 0) is 0 Å². The summed E-state index contributed by atoms with van der Waals surface area (Å²) in [5, 5.41) is 0. The standard InChI is InChI=1S/C8H16GeS6/c1-3-7(4-2)8(10,11)15-9(14-7)12-5-6-13-9/h10-11H,3-6H2,1-2H3. The Morgan fingerprint density at radius 1 is 1.07 bits per heavy atom. The Labute approximate surface area is 119 Å². The molecular formula is C8H16GeS6. The second-order valence-corrected chi connectivity index (χ2v) is 38.3. The van der Waals surface area contributed by atoms with Crippen molar-refractivity contribution >= 4 is 74.3 Å². The summed E-state index contributed by atoms with van der Waals surface area (Å²) in [5.74, 6) is 2.71. The van der Waals surface area contributed by atoms with Crippen molar-refractivity contribution < 1.29 is 0 Å². The van der Waals surface area contributed by atoms with Crippen molar-refractivity contribution in [2.24, 2.45) is 0 Å². The van der Waals surface area contributed by atoms with E-state index in [1.165, 1.54) is 24.3 Å². The second-order valence-electron chi connectivity index (χ2n) is 3.71. The van der Waals surface area contributed by atoms with E-state index >= 15 is 0 Å². The molecule has 2 aliphatic heterocycles. The third-order valence-corrected chi connectivity index (χ3v) is 44.6. The van der Waals surface area contributed by atoms with Crippen LogP contribution >= 0.6 is 65.6 Å². The summed E-state index contributed by atoms with van der Waals surface area (Å²) < 4.78 is 0.194. The minimum atomic E-state index is -1.81. The van der Waals surface area contributed by atoms with Gasteiger partial charge in [0.1, 0.15) is 0 Å². The van der Waals surface area contributed by atoms with Crippen molar-refractivity contribution in [3.8, 4) is 0 Å². The molecule has 0 amide bonds. The maximum atomic E-state index is 4.87. The molecule has 0 atom stereocenters. The molecule has 15 heavy (non-hydrogen) atoms. The molecule has 2 heterocycles. The van der Waals surface area contributed by atoms with Crippen LogP contribution < -0.4 is 0 Å². The van der Waals surface area contributed by atoms with Crippen LogP contribution in [0.15, 0.2) is 0 Å². The monoisotopic (exact) mass is 378 g/mol. The molecule has 7 heteroatoms. The molecule has 0 unspecified atom stereocenters. The molecule has 0 aromatic heterocycles. The Kier molecular flexibility index (Phi) is 4.65. The van der Waals surface area contributed by atoms with Gasteiger partial charge in [-0.1, -0.05) is 0 Å². The van der Waals surface area contributed by atoms with Crippen LogP contribution in [-0.4, -0.2) is 28.4 Å². The molecule has 0 aromatic rings. The van der Waals surface area contributed by atoms with Crippen molar-refractivity contribution in [2.45, 2.75) is 34.8 Å². The van der Waals surface area contributed by atoms with Crippen molar-refractivity contribution in [1.82, 2.24) is 0 Å². The molecule has 88 valence electrons. The van der Waals surface area contributed by atoms with E-state index in [1.54, 1.807) is 0 Å². The van der Waals surface area contributed by atoms with E-state index in [1.807, 2.05) is 0 Å². The van der Waals surface area contributed by atoms with Crippen LogP contribution in [0.2, 0.25) is 0 Å². The molecule has 2 rings (SSSR count). The first-order valence-electron chi connectivity index (χ1n) is 5.12. The first kappa shape index (κ1) is 14.1. The fourth-order valence-electron chi connectivity index (χ4n) is 1.94. The fraction of sp³-hybridized carbons (Fsp3) is 1.00. The zero-order valence-electron chi connectivity index (χ0n) is 8.86. The normalized spacial score (nSPS) is 31.2. The molecule has 2 aliphatic rings. The van der Waals surface area contributed by atoms with E-state index in [4.69, 9.17) is 25.3 Å². The van der Waals surface area contributed by atoms with Crippen LogP contribution in [0, 0.1) is 0 Å². The summed E-state index contributed by atoms with van der Waals surface area (Å²) in [4.78, 5) is 0. The van der Waals surface area contributed by atoms with E-state index < -0.39 is 8.70 Å². The number of thiol groups is 2. The minimum absolute atomic E-state index is 0.106. The van der Waals surface area contributed by atoms with Crippen LogP contribution in [0.5, 0.6) is 0 Å². The molecule has 0 radical (unpaired) electrons. The molecular weight excluding hydrogens is 361 g/mol. The van der Waals surface area contributed by atoms with Gasteiger partial charge in [-0.25, -0.2) is 0 Å². The van der Waals surface area contributed by atoms with Gasteiger partial charge in [0.05, 0.1) is 0 Å². The van der Waals surface area contributed by atoms with E-state index in [2.05, 4.69) is 54.2 Å². The third kappa shape index (κ3) is 2.39. The summed E-state index contributed by atoms with van der Waals surface area (Å²) in [5.41, 5.74) is 0. The van der Waals surface area contributed by atoms with E-state index in [0.29, 0.717) is 4.75 Å². The number of rotatable bonds is 2. The summed E-state index contributed by atoms with van der Waals surface area (Å²) in [6.45, 7) is 4.59. The molecule has 0 nitrogen and oxygen atoms in total. The molecule has 0 N–H and O–H groups in total. The van der Waals surface area contributed by atoms with Gasteiger partial charge in [-0.3, -0.25) is 0 Å². The van der Waals surface area contributed by atoms with Crippen molar-refractivity contribution in [1.29, 1.82) is 0 Å². The van der Waals surface area contributed by atoms with Gasteiger partial charge in [0.25, 0.3) is 0 Å². The second kappa shape index (κ2) is 4.96. The molecule has 0 aromatic carbocycles. The van der Waals surface area contributed by atoms with Gasteiger partial charge in [-0.05, 0) is 0 Å². The molecule has 2 saturated heterocycles. The van der Waals surface area contributed by atoms with Crippen LogP contribution in [0.3, 0.4) is 0 Å². The topological polar surface area (TPSA) is 0 Å². The first-order valence-corrected chi connectivity index (χ1v) is 19.9. The average molecular weight is 377 g/mol. The Balaban J connectivity index is 2.27. The quantitative estimate of drug-likeness (QED) is 0.414. The van der Waals surface area contributed by atoms with Gasteiger partial charge in [0.2, 0.25) is 0 Å². The predicted octanol–water partition coefficient (Wildman–Crippen LogP) is 4.45. The van der Waals surface area contributed by atoms with Gasteiger partial charge in [0, 0.05) is 0 Å². The Morgan fingerprint density at radius 3 is 2.00 bits per heavy atom. The number of hydrogen-bond acceptors (Lipinski definition) is 6. The fourth-order valence-corrected chi connectivity index (χ4v) is 62.9. The average Bonchev–Trinajstić information content (AvgIpc) is 2.70. The molecule has 0 aliphatic carbocycles. The van der Waals surface area contributed by atoms with Gasteiger partial charge in [-0.2, -0.15) is 0 Å². The first-order chi connectivity index (χ1) is 6.99. The molecule has 0 saturated carbocycles. The summed E-state index contributed by atoms with van der Waals surface area (Å²) in [6.07, 6.45) is 2.39. The van der Waals surface area contributed by atoms with Crippen LogP contribution in [0.4, 0.5) is 0 Å². The predicted molar refractivity (Wildman–Crippen MR) is 89.9 cm³/mol. The Morgan fingerprint density at radius 2 is 1.60 bits per heavy atom. The van der Waals surface area contributed by atoms with Crippen molar-refractivity contribution in [3.05, 3.63) is 0 Å². The third-order valence-electron chi connectivity index (χ3n) is 2.96. The molecule has 1 spiro atoms. The van der Waals surface area contributed by atoms with Gasteiger partial charge in [0.15, 0.2) is 0 Å². The Bertz CT molecular complexity index is 246. The summed E-state index contributed by atoms with van der Waals surface area (Å²) in [7, 11) is 7.16. The molecule has 0 bridgehead atoms. The SMILES string of the molecule is CCC1(CC)[S][Ge]2([S]CC[S]2)[S]C1(S)S. The van der Waals surface area contributed by atoms with Crippen LogP contribution in [0.25, 0.3) is 0 Å². The zero-order chi connectivity index (χ0) is 11.2. The maximum absolute atomic E-state index is 4.87. The van der Waals surface area contributed by atoms with Crippen molar-refractivity contribution in [3.63, 3.8) is 0 Å². The van der Waals surface area contributed by atoms with E-state index in [0.717, 1.165) is 0 Å². The Hall–Kier alpha value is 2.64. The van der Waals surface area contributed by atoms with Crippen molar-refractivity contribution in [2.75, 3.05) is 11.5 Å². The van der Waals surface area contributed by atoms with Gasteiger partial charge < -0.3 is 0 Å². The summed E-state index contributed by atoms with van der Waals surface area (Å²) in [6, 6.07) is 0. The van der Waals surface area contributed by atoms with Gasteiger partial charge >= 0.3 is 121 Å². The summed E-state index contributed by atoms with van der Waals surface area (Å²) >= 11 is 9.73. The van der Waals surface area contributed by atoms with Gasteiger partial charge in [-0.15, -0.1) is 0 Å². The van der Waals surface area contributed by atoms with E-state index in [-0.39, 0.29) is 3.41 Å².